The smallest absolute Gasteiger partial charge is 0.181 e. The highest BCUT2D eigenvalue weighted by Crippen LogP contribution is 2.27. The average molecular weight is 190 g/mol. The van der Waals surface area contributed by atoms with E-state index in [0.29, 0.717) is 5.13 Å². The zero-order valence-electron chi connectivity index (χ0n) is 8.01. The first-order valence-corrected chi connectivity index (χ1v) is 5.04. The summed E-state index contributed by atoms with van der Waals surface area (Å²) in [4.78, 5) is 4.31. The van der Waals surface area contributed by atoms with Crippen LogP contribution in [0.2, 0.25) is 0 Å². The topological polar surface area (TPSA) is 38.9 Å². The molecular weight excluding hydrogens is 179 g/mol. The standard InChI is InChI=1S/C9H11BN2S/c1-4-3-6(10)5(2)8-7(4)12-9(11)13-8/h3H,10H2,1-2H3,(H2,11,12). The van der Waals surface area contributed by atoms with Crippen molar-refractivity contribution in [3.63, 3.8) is 0 Å². The molecule has 1 heterocycles. The van der Waals surface area contributed by atoms with Crippen LogP contribution in [-0.2, 0) is 0 Å². The largest absolute Gasteiger partial charge is 0.375 e. The Morgan fingerprint density at radius 1 is 1.46 bits per heavy atom. The zero-order valence-corrected chi connectivity index (χ0v) is 8.83. The Hall–Kier alpha value is -1.03. The Labute approximate surface area is 82.2 Å². The summed E-state index contributed by atoms with van der Waals surface area (Å²) in [5.41, 5.74) is 10.6. The van der Waals surface area contributed by atoms with Gasteiger partial charge in [-0.15, -0.1) is 0 Å². The molecule has 1 aromatic carbocycles. The fraction of sp³-hybridized carbons (Fsp3) is 0.222. The van der Waals surface area contributed by atoms with E-state index < -0.39 is 0 Å². The summed E-state index contributed by atoms with van der Waals surface area (Å²) in [6.45, 7) is 4.20. The molecule has 0 saturated carbocycles. The summed E-state index contributed by atoms with van der Waals surface area (Å²) in [6.07, 6.45) is 0. The Kier molecular flexibility index (Phi) is 1.80. The van der Waals surface area contributed by atoms with Crippen LogP contribution in [0.15, 0.2) is 6.07 Å². The summed E-state index contributed by atoms with van der Waals surface area (Å²) < 4.78 is 1.23. The lowest BCUT2D eigenvalue weighted by Gasteiger charge is -2.02. The Morgan fingerprint density at radius 2 is 2.15 bits per heavy atom. The lowest BCUT2D eigenvalue weighted by Crippen LogP contribution is -2.07. The minimum atomic E-state index is 0.659. The van der Waals surface area contributed by atoms with Crippen LogP contribution in [0.1, 0.15) is 11.1 Å². The van der Waals surface area contributed by atoms with Gasteiger partial charge in [0.05, 0.1) is 10.2 Å². The second kappa shape index (κ2) is 2.74. The fourth-order valence-electron chi connectivity index (χ4n) is 1.54. The Bertz CT molecular complexity index is 476. The molecule has 2 nitrogen and oxygen atoms in total. The van der Waals surface area contributed by atoms with Gasteiger partial charge in [0.15, 0.2) is 5.13 Å². The molecule has 0 amide bonds. The molecule has 0 radical (unpaired) electrons. The SMILES string of the molecule is Bc1cc(C)c2nc(N)sc2c1C. The number of hydrogen-bond donors (Lipinski definition) is 1. The molecule has 13 heavy (non-hydrogen) atoms. The Balaban J connectivity index is 2.95. The van der Waals surface area contributed by atoms with Gasteiger partial charge in [0.2, 0.25) is 0 Å². The van der Waals surface area contributed by atoms with Crippen LogP contribution >= 0.6 is 11.3 Å². The van der Waals surface area contributed by atoms with Crippen molar-refractivity contribution < 1.29 is 0 Å². The number of nitrogens with zero attached hydrogens (tertiary/aromatic N) is 1. The van der Waals surface area contributed by atoms with Crippen molar-refractivity contribution >= 4 is 40.0 Å². The van der Waals surface area contributed by atoms with E-state index in [0.717, 1.165) is 5.52 Å². The van der Waals surface area contributed by atoms with Crippen molar-refractivity contribution in [1.29, 1.82) is 0 Å². The number of fused-ring (bicyclic) bond motifs is 1. The second-order valence-corrected chi connectivity index (χ2v) is 4.40. The lowest BCUT2D eigenvalue weighted by atomic mass is 9.89. The number of nitrogen functional groups attached to an aromatic ring is 1. The van der Waals surface area contributed by atoms with Gasteiger partial charge < -0.3 is 5.73 Å². The van der Waals surface area contributed by atoms with Crippen molar-refractivity contribution in [3.05, 3.63) is 17.2 Å². The molecule has 0 aliphatic heterocycles. The van der Waals surface area contributed by atoms with Gasteiger partial charge in [-0.25, -0.2) is 4.98 Å². The molecule has 0 bridgehead atoms. The highest BCUT2D eigenvalue weighted by Gasteiger charge is 2.08. The van der Waals surface area contributed by atoms with Crippen molar-refractivity contribution in [3.8, 4) is 0 Å². The van der Waals surface area contributed by atoms with Crippen LogP contribution in [0.3, 0.4) is 0 Å². The lowest BCUT2D eigenvalue weighted by molar-refractivity contribution is 1.42. The second-order valence-electron chi connectivity index (χ2n) is 3.37. The maximum Gasteiger partial charge on any atom is 0.181 e. The maximum atomic E-state index is 5.69. The summed E-state index contributed by atoms with van der Waals surface area (Å²) in [7, 11) is 2.12. The third-order valence-corrected chi connectivity index (χ3v) is 3.39. The van der Waals surface area contributed by atoms with Gasteiger partial charge in [-0.1, -0.05) is 22.9 Å². The molecule has 1 aromatic heterocycles. The summed E-state index contributed by atoms with van der Waals surface area (Å²) in [5.74, 6) is 0. The third-order valence-electron chi connectivity index (χ3n) is 2.38. The van der Waals surface area contributed by atoms with E-state index >= 15 is 0 Å². The van der Waals surface area contributed by atoms with Crippen LogP contribution in [0, 0.1) is 13.8 Å². The van der Waals surface area contributed by atoms with Crippen LogP contribution in [0.5, 0.6) is 0 Å². The predicted molar refractivity (Wildman–Crippen MR) is 61.7 cm³/mol. The number of anilines is 1. The van der Waals surface area contributed by atoms with Gasteiger partial charge in [-0.2, -0.15) is 0 Å². The summed E-state index contributed by atoms with van der Waals surface area (Å²) in [6, 6.07) is 2.16. The number of hydrogen-bond acceptors (Lipinski definition) is 3. The van der Waals surface area contributed by atoms with Crippen LogP contribution in [0.25, 0.3) is 10.2 Å². The molecule has 0 fully saturated rings. The first-order chi connectivity index (χ1) is 6.09. The van der Waals surface area contributed by atoms with Gasteiger partial charge in [0, 0.05) is 0 Å². The first kappa shape index (κ1) is 8.57. The first-order valence-electron chi connectivity index (χ1n) is 4.22. The third kappa shape index (κ3) is 1.21. The number of nitrogens with two attached hydrogens (primary N) is 1. The van der Waals surface area contributed by atoms with E-state index in [-0.39, 0.29) is 0 Å². The molecule has 2 N–H and O–H groups in total. The van der Waals surface area contributed by atoms with Gasteiger partial charge in [0.25, 0.3) is 0 Å². The number of aryl methyl sites for hydroxylation is 2. The van der Waals surface area contributed by atoms with E-state index in [1.807, 2.05) is 0 Å². The van der Waals surface area contributed by atoms with Crippen LogP contribution in [0.4, 0.5) is 5.13 Å². The fourth-order valence-corrected chi connectivity index (χ4v) is 2.50. The Morgan fingerprint density at radius 3 is 2.85 bits per heavy atom. The summed E-state index contributed by atoms with van der Waals surface area (Å²) >= 11 is 1.57. The molecule has 2 aromatic rings. The molecule has 0 unspecified atom stereocenters. The number of aromatic nitrogens is 1. The molecule has 0 aliphatic rings. The molecular formula is C9H11BN2S. The van der Waals surface area contributed by atoms with E-state index in [9.17, 15) is 0 Å². The van der Waals surface area contributed by atoms with Crippen molar-refractivity contribution in [2.75, 3.05) is 5.73 Å². The van der Waals surface area contributed by atoms with E-state index in [2.05, 4.69) is 32.7 Å². The van der Waals surface area contributed by atoms with Gasteiger partial charge >= 0.3 is 0 Å². The van der Waals surface area contributed by atoms with Crippen LogP contribution in [-0.4, -0.2) is 12.8 Å². The predicted octanol–water partition coefficient (Wildman–Crippen LogP) is 0.754. The molecule has 0 spiro atoms. The maximum absolute atomic E-state index is 5.69. The highest BCUT2D eigenvalue weighted by molar-refractivity contribution is 7.22. The molecule has 0 aliphatic carbocycles. The molecule has 4 heteroatoms. The molecule has 66 valence electrons. The van der Waals surface area contributed by atoms with Gasteiger partial charge in [-0.3, -0.25) is 0 Å². The summed E-state index contributed by atoms with van der Waals surface area (Å²) in [5, 5.41) is 0.659. The van der Waals surface area contributed by atoms with Crippen molar-refractivity contribution in [2.45, 2.75) is 13.8 Å². The molecule has 0 atom stereocenters. The minimum Gasteiger partial charge on any atom is -0.375 e. The number of thiazole rings is 1. The number of benzene rings is 1. The van der Waals surface area contributed by atoms with E-state index in [4.69, 9.17) is 5.73 Å². The van der Waals surface area contributed by atoms with Crippen LogP contribution < -0.4 is 11.2 Å². The monoisotopic (exact) mass is 190 g/mol. The quantitative estimate of drug-likeness (QED) is 0.622. The van der Waals surface area contributed by atoms with Crippen molar-refractivity contribution in [1.82, 2.24) is 4.98 Å². The van der Waals surface area contributed by atoms with Gasteiger partial charge in [0.1, 0.15) is 7.85 Å². The highest BCUT2D eigenvalue weighted by atomic mass is 32.1. The van der Waals surface area contributed by atoms with E-state index in [1.165, 1.54) is 21.3 Å². The van der Waals surface area contributed by atoms with E-state index in [1.54, 1.807) is 11.3 Å². The van der Waals surface area contributed by atoms with Gasteiger partial charge in [-0.05, 0) is 25.0 Å². The average Bonchev–Trinajstić information content (AvgIpc) is 2.44. The van der Waals surface area contributed by atoms with Crippen molar-refractivity contribution in [2.24, 2.45) is 0 Å². The molecule has 0 saturated heterocycles. The minimum absolute atomic E-state index is 0.659. The normalized spacial score (nSPS) is 10.9. The number of rotatable bonds is 0. The molecule has 2 rings (SSSR count). The zero-order chi connectivity index (χ0) is 9.59.